The van der Waals surface area contributed by atoms with Crippen molar-refractivity contribution in [2.45, 2.75) is 32.7 Å². The number of aryl methyl sites for hydroxylation is 1. The van der Waals surface area contributed by atoms with Crippen molar-refractivity contribution >= 4 is 21.6 Å². The minimum absolute atomic E-state index is 0.140. The first-order valence-corrected chi connectivity index (χ1v) is 11.6. The van der Waals surface area contributed by atoms with Crippen molar-refractivity contribution in [2.24, 2.45) is 0 Å². The zero-order chi connectivity index (χ0) is 22.1. The van der Waals surface area contributed by atoms with E-state index in [0.717, 1.165) is 11.3 Å². The number of anilines is 1. The van der Waals surface area contributed by atoms with Crippen molar-refractivity contribution in [3.63, 3.8) is 0 Å². The summed E-state index contributed by atoms with van der Waals surface area (Å²) in [6.07, 6.45) is 1.82. The molecule has 0 spiro atoms. The molecule has 0 radical (unpaired) electrons. The number of carbonyl (C=O) groups is 1. The fourth-order valence-corrected chi connectivity index (χ4v) is 3.89. The molecule has 0 unspecified atom stereocenters. The SMILES string of the molecule is COc1ccc(OC[C@@H](C)NC(=O)CCCN(c2cccc(C)c2)S(C)(=O)=O)cc1. The van der Waals surface area contributed by atoms with Crippen LogP contribution in [-0.4, -0.2) is 46.9 Å². The largest absolute Gasteiger partial charge is 0.497 e. The average molecular weight is 435 g/mol. The van der Waals surface area contributed by atoms with E-state index >= 15 is 0 Å². The fourth-order valence-electron chi connectivity index (χ4n) is 2.93. The van der Waals surface area contributed by atoms with E-state index in [2.05, 4.69) is 5.32 Å². The number of nitrogens with zero attached hydrogens (tertiary/aromatic N) is 1. The van der Waals surface area contributed by atoms with Crippen LogP contribution in [0.2, 0.25) is 0 Å². The van der Waals surface area contributed by atoms with E-state index in [1.54, 1.807) is 37.4 Å². The first-order chi connectivity index (χ1) is 14.2. The van der Waals surface area contributed by atoms with E-state index in [9.17, 15) is 13.2 Å². The maximum Gasteiger partial charge on any atom is 0.232 e. The predicted molar refractivity (Wildman–Crippen MR) is 119 cm³/mol. The maximum atomic E-state index is 12.2. The minimum atomic E-state index is -3.43. The van der Waals surface area contributed by atoms with Gasteiger partial charge in [-0.3, -0.25) is 9.10 Å². The molecular weight excluding hydrogens is 404 g/mol. The molecule has 0 aromatic heterocycles. The summed E-state index contributed by atoms with van der Waals surface area (Å²) in [5.41, 5.74) is 1.59. The van der Waals surface area contributed by atoms with Crippen LogP contribution in [0.25, 0.3) is 0 Å². The second-order valence-corrected chi connectivity index (χ2v) is 9.14. The normalized spacial score (nSPS) is 12.1. The van der Waals surface area contributed by atoms with Crippen LogP contribution >= 0.6 is 0 Å². The zero-order valence-corrected chi connectivity index (χ0v) is 18.7. The van der Waals surface area contributed by atoms with Gasteiger partial charge in [0.1, 0.15) is 18.1 Å². The molecule has 164 valence electrons. The lowest BCUT2D eigenvalue weighted by atomic mass is 10.2. The van der Waals surface area contributed by atoms with E-state index in [1.807, 2.05) is 32.0 Å². The number of ether oxygens (including phenoxy) is 2. The van der Waals surface area contributed by atoms with E-state index in [0.29, 0.717) is 24.5 Å². The summed E-state index contributed by atoms with van der Waals surface area (Å²) in [5, 5.41) is 2.88. The van der Waals surface area contributed by atoms with Crippen LogP contribution in [0.15, 0.2) is 48.5 Å². The Kier molecular flexibility index (Phi) is 8.53. The molecule has 0 aliphatic carbocycles. The smallest absolute Gasteiger partial charge is 0.232 e. The lowest BCUT2D eigenvalue weighted by Gasteiger charge is -2.23. The molecular formula is C22H30N2O5S. The standard InChI is InChI=1S/C22H30N2O5S/c1-17-7-5-8-19(15-17)24(30(4,26)27)14-6-9-22(25)23-18(2)16-29-21-12-10-20(28-3)11-13-21/h5,7-8,10-13,15,18H,6,9,14,16H2,1-4H3,(H,23,25)/t18-/m1/s1. The Hall–Kier alpha value is -2.74. The molecule has 1 atom stereocenters. The van der Waals surface area contributed by atoms with E-state index in [-0.39, 0.29) is 24.9 Å². The Bertz CT molecular complexity index is 929. The van der Waals surface area contributed by atoms with Crippen LogP contribution in [0.1, 0.15) is 25.3 Å². The molecule has 0 saturated carbocycles. The molecule has 8 heteroatoms. The topological polar surface area (TPSA) is 84.9 Å². The summed E-state index contributed by atoms with van der Waals surface area (Å²) >= 11 is 0. The molecule has 0 fully saturated rings. The molecule has 2 rings (SSSR count). The van der Waals surface area contributed by atoms with Crippen molar-refractivity contribution < 1.29 is 22.7 Å². The summed E-state index contributed by atoms with van der Waals surface area (Å²) in [5.74, 6) is 1.30. The third-order valence-corrected chi connectivity index (χ3v) is 5.62. The van der Waals surface area contributed by atoms with Crippen LogP contribution in [0, 0.1) is 6.92 Å². The van der Waals surface area contributed by atoms with Crippen molar-refractivity contribution in [3.05, 3.63) is 54.1 Å². The van der Waals surface area contributed by atoms with E-state index in [4.69, 9.17) is 9.47 Å². The third-order valence-electron chi connectivity index (χ3n) is 4.42. The molecule has 7 nitrogen and oxygen atoms in total. The van der Waals surface area contributed by atoms with Crippen molar-refractivity contribution in [1.82, 2.24) is 5.32 Å². The number of rotatable bonds is 11. The Morgan fingerprint density at radius 3 is 2.40 bits per heavy atom. The second kappa shape index (κ2) is 10.9. The van der Waals surface area contributed by atoms with Gasteiger partial charge in [-0.05, 0) is 62.2 Å². The number of hydrogen-bond acceptors (Lipinski definition) is 5. The van der Waals surface area contributed by atoms with E-state index in [1.165, 1.54) is 10.6 Å². The molecule has 0 heterocycles. The number of carbonyl (C=O) groups excluding carboxylic acids is 1. The van der Waals surface area contributed by atoms with Gasteiger partial charge in [-0.25, -0.2) is 8.42 Å². The van der Waals surface area contributed by atoms with Gasteiger partial charge in [0.15, 0.2) is 0 Å². The summed E-state index contributed by atoms with van der Waals surface area (Å²) in [4.78, 5) is 12.2. The number of methoxy groups -OCH3 is 1. The first kappa shape index (κ1) is 23.5. The quantitative estimate of drug-likeness (QED) is 0.587. The fraction of sp³-hybridized carbons (Fsp3) is 0.409. The first-order valence-electron chi connectivity index (χ1n) is 9.79. The number of benzene rings is 2. The molecule has 30 heavy (non-hydrogen) atoms. The monoisotopic (exact) mass is 434 g/mol. The zero-order valence-electron chi connectivity index (χ0n) is 17.9. The molecule has 0 saturated heterocycles. The average Bonchev–Trinajstić information content (AvgIpc) is 2.69. The van der Waals surface area contributed by atoms with Gasteiger partial charge < -0.3 is 14.8 Å². The highest BCUT2D eigenvalue weighted by Gasteiger charge is 2.18. The lowest BCUT2D eigenvalue weighted by molar-refractivity contribution is -0.121. The lowest BCUT2D eigenvalue weighted by Crippen LogP contribution is -2.37. The number of sulfonamides is 1. The van der Waals surface area contributed by atoms with Gasteiger partial charge in [0, 0.05) is 13.0 Å². The van der Waals surface area contributed by atoms with Crippen LogP contribution in [0.5, 0.6) is 11.5 Å². The molecule has 1 N–H and O–H groups in total. The maximum absolute atomic E-state index is 12.2. The summed E-state index contributed by atoms with van der Waals surface area (Å²) in [6.45, 7) is 4.34. The van der Waals surface area contributed by atoms with Crippen LogP contribution in [0.4, 0.5) is 5.69 Å². The Balaban J connectivity index is 1.79. The Morgan fingerprint density at radius 2 is 1.80 bits per heavy atom. The van der Waals surface area contributed by atoms with Gasteiger partial charge in [-0.2, -0.15) is 0 Å². The Morgan fingerprint density at radius 1 is 1.13 bits per heavy atom. The summed E-state index contributed by atoms with van der Waals surface area (Å²) < 4.78 is 36.4. The van der Waals surface area contributed by atoms with Gasteiger partial charge in [0.2, 0.25) is 15.9 Å². The molecule has 2 aromatic carbocycles. The molecule has 0 aliphatic heterocycles. The minimum Gasteiger partial charge on any atom is -0.497 e. The number of amides is 1. The van der Waals surface area contributed by atoms with Crippen LogP contribution in [0.3, 0.4) is 0 Å². The number of nitrogens with one attached hydrogen (secondary N) is 1. The van der Waals surface area contributed by atoms with Gasteiger partial charge in [0.25, 0.3) is 0 Å². The van der Waals surface area contributed by atoms with Crippen LogP contribution < -0.4 is 19.1 Å². The molecule has 1 amide bonds. The Labute approximate surface area is 179 Å². The van der Waals surface area contributed by atoms with Gasteiger partial charge in [-0.1, -0.05) is 12.1 Å². The molecule has 0 aliphatic rings. The van der Waals surface area contributed by atoms with Gasteiger partial charge in [-0.15, -0.1) is 0 Å². The summed E-state index contributed by atoms with van der Waals surface area (Å²) in [6, 6.07) is 14.3. The van der Waals surface area contributed by atoms with Crippen molar-refractivity contribution in [2.75, 3.05) is 30.8 Å². The highest BCUT2D eigenvalue weighted by Crippen LogP contribution is 2.20. The molecule has 2 aromatic rings. The van der Waals surface area contributed by atoms with Crippen molar-refractivity contribution in [3.8, 4) is 11.5 Å². The predicted octanol–water partition coefficient (Wildman–Crippen LogP) is 3.13. The van der Waals surface area contributed by atoms with Gasteiger partial charge in [0.05, 0.1) is 25.1 Å². The molecule has 0 bridgehead atoms. The third kappa shape index (κ3) is 7.59. The van der Waals surface area contributed by atoms with Crippen LogP contribution in [-0.2, 0) is 14.8 Å². The van der Waals surface area contributed by atoms with E-state index < -0.39 is 10.0 Å². The second-order valence-electron chi connectivity index (χ2n) is 7.23. The van der Waals surface area contributed by atoms with Crippen molar-refractivity contribution in [1.29, 1.82) is 0 Å². The summed E-state index contributed by atoms with van der Waals surface area (Å²) in [7, 11) is -1.83. The highest BCUT2D eigenvalue weighted by molar-refractivity contribution is 7.92. The van der Waals surface area contributed by atoms with Gasteiger partial charge >= 0.3 is 0 Å². The number of hydrogen-bond donors (Lipinski definition) is 1. The highest BCUT2D eigenvalue weighted by atomic mass is 32.2.